The largest absolute Gasteiger partial charge is 0.379 e. The molecule has 1 N–H and O–H groups in total. The van der Waals surface area contributed by atoms with Gasteiger partial charge in [-0.1, -0.05) is 23.4 Å². The van der Waals surface area contributed by atoms with Gasteiger partial charge in [-0.15, -0.1) is 0 Å². The third-order valence-electron chi connectivity index (χ3n) is 1.93. The van der Waals surface area contributed by atoms with Gasteiger partial charge >= 0.3 is 0 Å². The van der Waals surface area contributed by atoms with Gasteiger partial charge in [0.1, 0.15) is 5.03 Å². The number of thioether (sulfide) groups is 1. The predicted molar refractivity (Wildman–Crippen MR) is 61.7 cm³/mol. The van der Waals surface area contributed by atoms with Crippen LogP contribution in [0.4, 0.5) is 5.95 Å². The second kappa shape index (κ2) is 5.01. The van der Waals surface area contributed by atoms with E-state index in [-0.39, 0.29) is 0 Å². The number of hydrogen-bond acceptors (Lipinski definition) is 5. The van der Waals surface area contributed by atoms with E-state index in [1.165, 1.54) is 0 Å². The third-order valence-corrected chi connectivity index (χ3v) is 3.46. The van der Waals surface area contributed by atoms with Crippen LogP contribution in [0.3, 0.4) is 0 Å². The normalized spacial score (nSPS) is 16.1. The van der Waals surface area contributed by atoms with Crippen molar-refractivity contribution in [2.45, 2.75) is 17.2 Å². The Balaban J connectivity index is 2.08. The summed E-state index contributed by atoms with van der Waals surface area (Å²) < 4.78 is 5.10. The maximum absolute atomic E-state index is 6.01. The monoisotopic (exact) mass is 245 g/mol. The Morgan fingerprint density at radius 1 is 1.67 bits per heavy atom. The number of nitrogens with one attached hydrogen (secondary N) is 1. The van der Waals surface area contributed by atoms with Crippen LogP contribution in [0, 0.1) is 0 Å². The maximum atomic E-state index is 6.01. The zero-order valence-corrected chi connectivity index (χ0v) is 9.94. The van der Waals surface area contributed by atoms with E-state index in [1.807, 2.05) is 6.92 Å². The molecular weight excluding hydrogens is 234 g/mol. The molecule has 15 heavy (non-hydrogen) atoms. The van der Waals surface area contributed by atoms with Crippen molar-refractivity contribution in [3.8, 4) is 0 Å². The summed E-state index contributed by atoms with van der Waals surface area (Å²) in [5, 5.41) is 4.97. The molecule has 1 saturated heterocycles. The molecule has 0 spiro atoms. The van der Waals surface area contributed by atoms with Crippen molar-refractivity contribution < 1.29 is 4.74 Å². The van der Waals surface area contributed by atoms with Crippen LogP contribution in [0.1, 0.15) is 6.92 Å². The number of anilines is 1. The molecule has 1 aliphatic rings. The highest BCUT2D eigenvalue weighted by atomic mass is 35.5. The summed E-state index contributed by atoms with van der Waals surface area (Å²) in [5.74, 6) is 0.629. The molecule has 4 nitrogen and oxygen atoms in total. The summed E-state index contributed by atoms with van der Waals surface area (Å²) >= 11 is 7.66. The second-order valence-electron chi connectivity index (χ2n) is 3.15. The minimum absolute atomic E-state index is 0.479. The second-order valence-corrected chi connectivity index (χ2v) is 4.85. The molecule has 0 radical (unpaired) electrons. The molecule has 0 atom stereocenters. The van der Waals surface area contributed by atoms with E-state index in [0.717, 1.165) is 24.8 Å². The van der Waals surface area contributed by atoms with Gasteiger partial charge in [-0.3, -0.25) is 0 Å². The highest BCUT2D eigenvalue weighted by Gasteiger charge is 2.21. The van der Waals surface area contributed by atoms with Crippen LogP contribution in [0.2, 0.25) is 5.02 Å². The molecule has 2 rings (SSSR count). The SMILES string of the molecule is CCNc1ncc(Cl)c(SC2COC2)n1. The molecule has 1 aromatic heterocycles. The number of aromatic nitrogens is 2. The van der Waals surface area contributed by atoms with Crippen LogP contribution in [-0.4, -0.2) is 35.0 Å². The highest BCUT2D eigenvalue weighted by molar-refractivity contribution is 8.00. The number of hydrogen-bond donors (Lipinski definition) is 1. The molecule has 0 unspecified atom stereocenters. The number of nitrogens with zero attached hydrogens (tertiary/aromatic N) is 2. The van der Waals surface area contributed by atoms with Crippen molar-refractivity contribution >= 4 is 29.3 Å². The van der Waals surface area contributed by atoms with E-state index in [0.29, 0.717) is 16.2 Å². The average Bonchev–Trinajstić information content (AvgIpc) is 2.16. The summed E-state index contributed by atoms with van der Waals surface area (Å²) in [6, 6.07) is 0. The Labute approximate surface area is 97.8 Å². The fourth-order valence-corrected chi connectivity index (χ4v) is 2.29. The van der Waals surface area contributed by atoms with E-state index in [4.69, 9.17) is 16.3 Å². The third kappa shape index (κ3) is 2.74. The average molecular weight is 246 g/mol. The van der Waals surface area contributed by atoms with Crippen molar-refractivity contribution in [3.05, 3.63) is 11.2 Å². The Morgan fingerprint density at radius 3 is 3.07 bits per heavy atom. The Morgan fingerprint density at radius 2 is 2.47 bits per heavy atom. The molecule has 1 aliphatic heterocycles. The molecular formula is C9H12ClN3OS. The minimum atomic E-state index is 0.479. The van der Waals surface area contributed by atoms with E-state index in [2.05, 4.69) is 15.3 Å². The standard InChI is InChI=1S/C9H12ClN3OS/c1-2-11-9-12-3-7(10)8(13-9)15-6-4-14-5-6/h3,6H,2,4-5H2,1H3,(H,11,12,13). The lowest BCUT2D eigenvalue weighted by molar-refractivity contribution is 0.0455. The van der Waals surface area contributed by atoms with Crippen LogP contribution in [-0.2, 0) is 4.74 Å². The van der Waals surface area contributed by atoms with E-state index in [9.17, 15) is 0 Å². The summed E-state index contributed by atoms with van der Waals surface area (Å²) in [6.45, 7) is 4.37. The molecule has 1 fully saturated rings. The van der Waals surface area contributed by atoms with Gasteiger partial charge in [0, 0.05) is 6.54 Å². The minimum Gasteiger partial charge on any atom is -0.379 e. The molecule has 6 heteroatoms. The molecule has 0 aromatic carbocycles. The first-order valence-corrected chi connectivity index (χ1v) is 6.06. The predicted octanol–water partition coefficient (Wildman–Crippen LogP) is 2.05. The molecule has 0 aliphatic carbocycles. The first-order valence-electron chi connectivity index (χ1n) is 4.80. The number of halogens is 1. The van der Waals surface area contributed by atoms with E-state index in [1.54, 1.807) is 18.0 Å². The maximum Gasteiger partial charge on any atom is 0.223 e. The lowest BCUT2D eigenvalue weighted by Gasteiger charge is -2.24. The van der Waals surface area contributed by atoms with Gasteiger partial charge < -0.3 is 10.1 Å². The lowest BCUT2D eigenvalue weighted by Crippen LogP contribution is -2.30. The fraction of sp³-hybridized carbons (Fsp3) is 0.556. The summed E-state index contributed by atoms with van der Waals surface area (Å²) in [4.78, 5) is 8.42. The first kappa shape index (κ1) is 11.0. The summed E-state index contributed by atoms with van der Waals surface area (Å²) in [7, 11) is 0. The number of ether oxygens (including phenoxy) is 1. The Bertz CT molecular complexity index is 346. The Hall–Kier alpha value is -0.520. The lowest BCUT2D eigenvalue weighted by atomic mass is 10.4. The van der Waals surface area contributed by atoms with Crippen LogP contribution < -0.4 is 5.32 Å². The zero-order valence-electron chi connectivity index (χ0n) is 8.36. The van der Waals surface area contributed by atoms with Crippen LogP contribution in [0.25, 0.3) is 0 Å². The quantitative estimate of drug-likeness (QED) is 0.823. The van der Waals surface area contributed by atoms with Gasteiger partial charge in [-0.05, 0) is 6.92 Å². The zero-order chi connectivity index (χ0) is 10.7. The molecule has 0 bridgehead atoms. The van der Waals surface area contributed by atoms with Crippen molar-refractivity contribution in [1.29, 1.82) is 0 Å². The number of rotatable bonds is 4. The fourth-order valence-electron chi connectivity index (χ4n) is 1.12. The van der Waals surface area contributed by atoms with E-state index >= 15 is 0 Å². The van der Waals surface area contributed by atoms with Gasteiger partial charge in [0.2, 0.25) is 5.95 Å². The van der Waals surface area contributed by atoms with Crippen molar-refractivity contribution in [1.82, 2.24) is 9.97 Å². The summed E-state index contributed by atoms with van der Waals surface area (Å²) in [5.41, 5.74) is 0. The Kier molecular flexibility index (Phi) is 3.66. The molecule has 0 amide bonds. The van der Waals surface area contributed by atoms with Crippen molar-refractivity contribution in [3.63, 3.8) is 0 Å². The smallest absolute Gasteiger partial charge is 0.223 e. The molecule has 2 heterocycles. The van der Waals surface area contributed by atoms with Gasteiger partial charge in [-0.2, -0.15) is 0 Å². The van der Waals surface area contributed by atoms with Crippen LogP contribution >= 0.6 is 23.4 Å². The molecule has 1 aromatic rings. The highest BCUT2D eigenvalue weighted by Crippen LogP contribution is 2.31. The van der Waals surface area contributed by atoms with Gasteiger partial charge in [0.25, 0.3) is 0 Å². The van der Waals surface area contributed by atoms with Crippen LogP contribution in [0.5, 0.6) is 0 Å². The van der Waals surface area contributed by atoms with Gasteiger partial charge in [0.05, 0.1) is 29.7 Å². The molecule has 0 saturated carbocycles. The van der Waals surface area contributed by atoms with Crippen molar-refractivity contribution in [2.75, 3.05) is 25.1 Å². The van der Waals surface area contributed by atoms with Crippen LogP contribution in [0.15, 0.2) is 11.2 Å². The first-order chi connectivity index (χ1) is 7.29. The van der Waals surface area contributed by atoms with Gasteiger partial charge in [0.15, 0.2) is 0 Å². The van der Waals surface area contributed by atoms with E-state index < -0.39 is 0 Å². The summed E-state index contributed by atoms with van der Waals surface area (Å²) in [6.07, 6.45) is 1.63. The van der Waals surface area contributed by atoms with Gasteiger partial charge in [-0.25, -0.2) is 9.97 Å². The topological polar surface area (TPSA) is 47.0 Å². The molecule has 82 valence electrons. The van der Waals surface area contributed by atoms with Crippen molar-refractivity contribution in [2.24, 2.45) is 0 Å².